The second-order valence-electron chi connectivity index (χ2n) is 5.50. The minimum absolute atomic E-state index is 0.471. The van der Waals surface area contributed by atoms with Crippen molar-refractivity contribution >= 4 is 28.9 Å². The van der Waals surface area contributed by atoms with Crippen LogP contribution in [0.5, 0.6) is 0 Å². The summed E-state index contributed by atoms with van der Waals surface area (Å²) in [4.78, 5) is 4.74. The molecule has 0 radical (unpaired) electrons. The highest BCUT2D eigenvalue weighted by Crippen LogP contribution is 2.30. The molecule has 1 unspecified atom stereocenters. The van der Waals surface area contributed by atoms with E-state index in [1.54, 1.807) is 0 Å². The van der Waals surface area contributed by atoms with Gasteiger partial charge in [-0.25, -0.2) is 0 Å². The number of rotatable bonds is 4. The van der Waals surface area contributed by atoms with Crippen molar-refractivity contribution in [3.8, 4) is 0 Å². The molecule has 1 atom stereocenters. The molecule has 1 aliphatic heterocycles. The Kier molecular flexibility index (Phi) is 4.96. The molecule has 1 aliphatic rings. The number of likely N-dealkylation sites (tertiary alicyclic amines) is 1. The molecule has 0 aromatic heterocycles. The largest absolute Gasteiger partial charge is 0.396 e. The number of nitrogens with zero attached hydrogens (tertiary/aromatic N) is 2. The van der Waals surface area contributed by atoms with E-state index in [4.69, 9.17) is 28.9 Å². The van der Waals surface area contributed by atoms with Crippen molar-refractivity contribution in [3.05, 3.63) is 27.7 Å². The number of nitrogens with two attached hydrogens (primary N) is 1. The number of anilines is 1. The number of benzene rings is 1. The molecule has 1 aromatic carbocycles. The normalized spacial score (nSPS) is 20.4. The fourth-order valence-corrected chi connectivity index (χ4v) is 3.23. The van der Waals surface area contributed by atoms with Crippen molar-refractivity contribution in [1.29, 1.82) is 0 Å². The Labute approximate surface area is 125 Å². The van der Waals surface area contributed by atoms with Gasteiger partial charge in [-0.2, -0.15) is 0 Å². The van der Waals surface area contributed by atoms with Crippen LogP contribution in [0.15, 0.2) is 12.1 Å². The zero-order valence-corrected chi connectivity index (χ0v) is 13.0. The number of halogens is 2. The molecule has 0 saturated carbocycles. The average Bonchev–Trinajstić information content (AvgIpc) is 2.72. The lowest BCUT2D eigenvalue weighted by atomic mass is 10.1. The van der Waals surface area contributed by atoms with Crippen LogP contribution in [0.1, 0.15) is 18.4 Å². The smallest absolute Gasteiger partial charge is 0.0693 e. The molecule has 2 rings (SSSR count). The van der Waals surface area contributed by atoms with Crippen LogP contribution in [0, 0.1) is 0 Å². The lowest BCUT2D eigenvalue weighted by Gasteiger charge is -2.27. The van der Waals surface area contributed by atoms with E-state index in [9.17, 15) is 0 Å². The van der Waals surface area contributed by atoms with Crippen molar-refractivity contribution in [2.24, 2.45) is 0 Å². The molecule has 1 heterocycles. The Bertz CT molecular complexity index is 425. The zero-order chi connectivity index (χ0) is 14.0. The van der Waals surface area contributed by atoms with Crippen LogP contribution in [0.3, 0.4) is 0 Å². The Morgan fingerprint density at radius 1 is 1.32 bits per heavy atom. The fraction of sp³-hybridized carbons (Fsp3) is 0.571. The van der Waals surface area contributed by atoms with E-state index in [0.717, 1.165) is 25.2 Å². The maximum absolute atomic E-state index is 6.09. The molecule has 19 heavy (non-hydrogen) atoms. The van der Waals surface area contributed by atoms with E-state index >= 15 is 0 Å². The van der Waals surface area contributed by atoms with Crippen LogP contribution in [0.2, 0.25) is 10.0 Å². The van der Waals surface area contributed by atoms with Crippen molar-refractivity contribution < 1.29 is 0 Å². The first-order valence-corrected chi connectivity index (χ1v) is 7.35. The molecule has 0 amide bonds. The number of nitrogen functional groups attached to an aromatic ring is 1. The maximum atomic E-state index is 6.09. The van der Waals surface area contributed by atoms with Gasteiger partial charge in [-0.15, -0.1) is 0 Å². The molecule has 3 nitrogen and oxygen atoms in total. The van der Waals surface area contributed by atoms with E-state index in [1.165, 1.54) is 12.8 Å². The first kappa shape index (κ1) is 14.9. The van der Waals surface area contributed by atoms with Crippen LogP contribution in [0.4, 0.5) is 5.69 Å². The number of hydrogen-bond acceptors (Lipinski definition) is 3. The molecule has 1 aromatic rings. The third kappa shape index (κ3) is 3.76. The highest BCUT2D eigenvalue weighted by molar-refractivity contribution is 6.38. The average molecular weight is 302 g/mol. The molecule has 1 saturated heterocycles. The lowest BCUT2D eigenvalue weighted by molar-refractivity contribution is 0.201. The first-order chi connectivity index (χ1) is 8.97. The number of likely N-dealkylation sites (N-methyl/N-ethyl adjacent to an activating group) is 1. The fourth-order valence-electron chi connectivity index (χ4n) is 2.69. The van der Waals surface area contributed by atoms with Gasteiger partial charge < -0.3 is 10.6 Å². The predicted octanol–water partition coefficient (Wildman–Crippen LogP) is 3.10. The van der Waals surface area contributed by atoms with Crippen molar-refractivity contribution in [2.75, 3.05) is 32.9 Å². The second-order valence-corrected chi connectivity index (χ2v) is 6.32. The summed E-state index contributed by atoms with van der Waals surface area (Å²) in [6.45, 7) is 3.12. The molecular formula is C14H21Cl2N3. The minimum atomic E-state index is 0.471. The monoisotopic (exact) mass is 301 g/mol. The van der Waals surface area contributed by atoms with Gasteiger partial charge in [0, 0.05) is 19.1 Å². The van der Waals surface area contributed by atoms with E-state index in [-0.39, 0.29) is 0 Å². The minimum Gasteiger partial charge on any atom is -0.396 e. The third-order valence-electron chi connectivity index (χ3n) is 3.60. The molecule has 5 heteroatoms. The van der Waals surface area contributed by atoms with E-state index in [1.807, 2.05) is 12.1 Å². The molecule has 0 bridgehead atoms. The van der Waals surface area contributed by atoms with Gasteiger partial charge >= 0.3 is 0 Å². The number of hydrogen-bond donors (Lipinski definition) is 1. The first-order valence-electron chi connectivity index (χ1n) is 6.59. The SMILES string of the molecule is CN(C)CC1CCCN1Cc1cc(Cl)c(N)c(Cl)c1. The maximum Gasteiger partial charge on any atom is 0.0693 e. The van der Waals surface area contributed by atoms with Crippen LogP contribution >= 0.6 is 23.2 Å². The summed E-state index contributed by atoms with van der Waals surface area (Å²) in [5.74, 6) is 0. The molecular weight excluding hydrogens is 281 g/mol. The Hall–Kier alpha value is -0.480. The highest BCUT2D eigenvalue weighted by atomic mass is 35.5. The van der Waals surface area contributed by atoms with Gasteiger partial charge in [0.15, 0.2) is 0 Å². The lowest BCUT2D eigenvalue weighted by Crippen LogP contribution is -2.37. The van der Waals surface area contributed by atoms with Gasteiger partial charge in [-0.1, -0.05) is 23.2 Å². The van der Waals surface area contributed by atoms with Crippen molar-refractivity contribution in [1.82, 2.24) is 9.80 Å². The quantitative estimate of drug-likeness (QED) is 0.868. The summed E-state index contributed by atoms with van der Waals surface area (Å²) in [5, 5.41) is 1.09. The van der Waals surface area contributed by atoms with E-state index in [2.05, 4.69) is 23.9 Å². The summed E-state index contributed by atoms with van der Waals surface area (Å²) in [6.07, 6.45) is 2.52. The Morgan fingerprint density at radius 2 is 1.95 bits per heavy atom. The van der Waals surface area contributed by atoms with Gasteiger partial charge in [0.2, 0.25) is 0 Å². The summed E-state index contributed by atoms with van der Waals surface area (Å²) < 4.78 is 0. The molecule has 1 fully saturated rings. The molecule has 106 valence electrons. The van der Waals surface area contributed by atoms with E-state index in [0.29, 0.717) is 21.8 Å². The van der Waals surface area contributed by atoms with Gasteiger partial charge in [0.05, 0.1) is 15.7 Å². The summed E-state index contributed by atoms with van der Waals surface area (Å²) >= 11 is 12.2. The topological polar surface area (TPSA) is 32.5 Å². The predicted molar refractivity (Wildman–Crippen MR) is 82.9 cm³/mol. The van der Waals surface area contributed by atoms with Gasteiger partial charge in [0.25, 0.3) is 0 Å². The van der Waals surface area contributed by atoms with Gasteiger partial charge in [-0.3, -0.25) is 4.90 Å². The third-order valence-corrected chi connectivity index (χ3v) is 4.22. The van der Waals surface area contributed by atoms with Crippen molar-refractivity contribution in [2.45, 2.75) is 25.4 Å². The Morgan fingerprint density at radius 3 is 2.53 bits per heavy atom. The standard InChI is InChI=1S/C14H21Cl2N3/c1-18(2)9-11-4-3-5-19(11)8-10-6-12(15)14(17)13(16)7-10/h6-7,11H,3-5,8-9,17H2,1-2H3. The molecule has 2 N–H and O–H groups in total. The van der Waals surface area contributed by atoms with Crippen molar-refractivity contribution in [3.63, 3.8) is 0 Å². The molecule has 0 aliphatic carbocycles. The van der Waals surface area contributed by atoms with Crippen LogP contribution in [-0.4, -0.2) is 43.0 Å². The summed E-state index contributed by atoms with van der Waals surface area (Å²) in [6, 6.07) is 4.46. The summed E-state index contributed by atoms with van der Waals surface area (Å²) in [7, 11) is 4.24. The van der Waals surface area contributed by atoms with Crippen LogP contribution in [-0.2, 0) is 6.54 Å². The zero-order valence-electron chi connectivity index (χ0n) is 11.5. The van der Waals surface area contributed by atoms with Crippen LogP contribution in [0.25, 0.3) is 0 Å². The van der Waals surface area contributed by atoms with Gasteiger partial charge in [0.1, 0.15) is 0 Å². The molecule has 0 spiro atoms. The highest BCUT2D eigenvalue weighted by Gasteiger charge is 2.25. The Balaban J connectivity index is 2.08. The van der Waals surface area contributed by atoms with Gasteiger partial charge in [-0.05, 0) is 51.2 Å². The van der Waals surface area contributed by atoms with Crippen LogP contribution < -0.4 is 5.73 Å². The van der Waals surface area contributed by atoms with E-state index < -0.39 is 0 Å². The second kappa shape index (κ2) is 6.31. The summed E-state index contributed by atoms with van der Waals surface area (Å²) in [5.41, 5.74) is 7.37.